The maximum Gasteiger partial charge on any atom is 0.325 e. The number of pyridine rings is 1. The molecule has 1 aliphatic carbocycles. The fourth-order valence-corrected chi connectivity index (χ4v) is 3.86. The SMILES string of the molecule is C[C@H]1CCCC[C@]12NC(=O)N(Cc1cn3ccccc3n1)C2=O. The van der Waals surface area contributed by atoms with Gasteiger partial charge in [-0.1, -0.05) is 25.8 Å². The molecule has 0 aromatic carbocycles. The van der Waals surface area contributed by atoms with E-state index in [0.29, 0.717) is 0 Å². The maximum absolute atomic E-state index is 12.9. The lowest BCUT2D eigenvalue weighted by atomic mass is 9.73. The largest absolute Gasteiger partial charge is 0.325 e. The van der Waals surface area contributed by atoms with Gasteiger partial charge >= 0.3 is 6.03 Å². The van der Waals surface area contributed by atoms with E-state index in [0.717, 1.165) is 37.0 Å². The van der Waals surface area contributed by atoms with Gasteiger partial charge in [0.1, 0.15) is 11.2 Å². The first kappa shape index (κ1) is 14.2. The minimum Gasteiger partial charge on any atom is -0.323 e. The maximum atomic E-state index is 12.9. The third-order valence-corrected chi connectivity index (χ3v) is 5.24. The quantitative estimate of drug-likeness (QED) is 0.866. The van der Waals surface area contributed by atoms with Gasteiger partial charge in [-0.15, -0.1) is 0 Å². The van der Waals surface area contributed by atoms with Crippen LogP contribution in [-0.2, 0) is 11.3 Å². The van der Waals surface area contributed by atoms with Crippen LogP contribution in [0.1, 0.15) is 38.3 Å². The predicted molar refractivity (Wildman–Crippen MR) is 84.6 cm³/mol. The number of aromatic nitrogens is 2. The summed E-state index contributed by atoms with van der Waals surface area (Å²) in [7, 11) is 0. The van der Waals surface area contributed by atoms with E-state index in [4.69, 9.17) is 0 Å². The van der Waals surface area contributed by atoms with E-state index in [1.54, 1.807) is 0 Å². The molecular formula is C17H20N4O2. The van der Waals surface area contributed by atoms with Crippen LogP contribution in [0.25, 0.3) is 5.65 Å². The second kappa shape index (κ2) is 5.08. The molecule has 1 N–H and O–H groups in total. The highest BCUT2D eigenvalue weighted by Gasteiger charge is 2.54. The van der Waals surface area contributed by atoms with Crippen molar-refractivity contribution in [1.82, 2.24) is 19.6 Å². The monoisotopic (exact) mass is 312 g/mol. The van der Waals surface area contributed by atoms with Crippen LogP contribution in [0.3, 0.4) is 0 Å². The smallest absolute Gasteiger partial charge is 0.323 e. The molecule has 4 rings (SSSR count). The number of urea groups is 1. The van der Waals surface area contributed by atoms with Crippen LogP contribution in [0.15, 0.2) is 30.6 Å². The summed E-state index contributed by atoms with van der Waals surface area (Å²) in [4.78, 5) is 31.1. The number of imide groups is 1. The second-order valence-corrected chi connectivity index (χ2v) is 6.64. The minimum absolute atomic E-state index is 0.0910. The third-order valence-electron chi connectivity index (χ3n) is 5.24. The van der Waals surface area contributed by atoms with Gasteiger partial charge in [0.15, 0.2) is 0 Å². The number of hydrogen-bond acceptors (Lipinski definition) is 3. The highest BCUT2D eigenvalue weighted by Crippen LogP contribution is 2.38. The normalized spacial score (nSPS) is 27.9. The van der Waals surface area contributed by atoms with Crippen LogP contribution in [0.5, 0.6) is 0 Å². The van der Waals surface area contributed by atoms with Crippen molar-refractivity contribution in [2.75, 3.05) is 0 Å². The molecule has 120 valence electrons. The number of carbonyl (C=O) groups excluding carboxylic acids is 2. The zero-order valence-corrected chi connectivity index (χ0v) is 13.2. The number of imidazole rings is 1. The van der Waals surface area contributed by atoms with E-state index in [1.807, 2.05) is 35.0 Å². The Labute approximate surface area is 134 Å². The van der Waals surface area contributed by atoms with Gasteiger partial charge < -0.3 is 9.72 Å². The Balaban J connectivity index is 1.61. The average molecular weight is 312 g/mol. The number of amides is 3. The first-order valence-electron chi connectivity index (χ1n) is 8.17. The van der Waals surface area contributed by atoms with Crippen molar-refractivity contribution in [1.29, 1.82) is 0 Å². The summed E-state index contributed by atoms with van der Waals surface area (Å²) in [6.07, 6.45) is 7.60. The van der Waals surface area contributed by atoms with E-state index < -0.39 is 5.54 Å². The number of carbonyl (C=O) groups is 2. The fourth-order valence-electron chi connectivity index (χ4n) is 3.86. The molecule has 1 saturated carbocycles. The molecule has 2 aliphatic rings. The molecule has 3 heterocycles. The molecule has 6 nitrogen and oxygen atoms in total. The summed E-state index contributed by atoms with van der Waals surface area (Å²) in [6.45, 7) is 2.28. The van der Waals surface area contributed by atoms with Crippen LogP contribution in [0.4, 0.5) is 4.79 Å². The Morgan fingerprint density at radius 2 is 2.22 bits per heavy atom. The van der Waals surface area contributed by atoms with Gasteiger partial charge in [-0.25, -0.2) is 9.78 Å². The highest BCUT2D eigenvalue weighted by molar-refractivity contribution is 6.07. The van der Waals surface area contributed by atoms with Crippen molar-refractivity contribution >= 4 is 17.6 Å². The number of rotatable bonds is 2. The van der Waals surface area contributed by atoms with E-state index in [2.05, 4.69) is 17.2 Å². The Kier molecular flexibility index (Phi) is 3.14. The molecule has 6 heteroatoms. The lowest BCUT2D eigenvalue weighted by Crippen LogP contribution is -2.53. The molecule has 0 radical (unpaired) electrons. The summed E-state index contributed by atoms with van der Waals surface area (Å²) < 4.78 is 1.90. The topological polar surface area (TPSA) is 66.7 Å². The van der Waals surface area contributed by atoms with Gasteiger partial charge in [-0.2, -0.15) is 0 Å². The molecule has 0 bridgehead atoms. The number of nitrogens with one attached hydrogen (secondary N) is 1. The van der Waals surface area contributed by atoms with Crippen molar-refractivity contribution in [3.05, 3.63) is 36.3 Å². The number of nitrogens with zero attached hydrogens (tertiary/aromatic N) is 3. The lowest BCUT2D eigenvalue weighted by molar-refractivity contribution is -0.134. The third kappa shape index (κ3) is 2.12. The molecule has 2 fully saturated rings. The summed E-state index contributed by atoms with van der Waals surface area (Å²) >= 11 is 0. The minimum atomic E-state index is -0.700. The van der Waals surface area contributed by atoms with Gasteiger partial charge in [0.2, 0.25) is 0 Å². The van der Waals surface area contributed by atoms with Crippen molar-refractivity contribution in [3.8, 4) is 0 Å². The van der Waals surface area contributed by atoms with Crippen molar-refractivity contribution in [3.63, 3.8) is 0 Å². The number of hydrogen-bond donors (Lipinski definition) is 1. The molecule has 2 atom stereocenters. The second-order valence-electron chi connectivity index (χ2n) is 6.64. The molecule has 1 spiro atoms. The molecule has 2 aromatic rings. The van der Waals surface area contributed by atoms with Crippen LogP contribution >= 0.6 is 0 Å². The predicted octanol–water partition coefficient (Wildman–Crippen LogP) is 2.33. The molecule has 0 unspecified atom stereocenters. The molecule has 2 aromatic heterocycles. The van der Waals surface area contributed by atoms with Crippen molar-refractivity contribution in [2.24, 2.45) is 5.92 Å². The molecule has 1 aliphatic heterocycles. The molecule has 1 saturated heterocycles. The molecule has 3 amide bonds. The Morgan fingerprint density at radius 1 is 1.35 bits per heavy atom. The Hall–Kier alpha value is -2.37. The Bertz CT molecular complexity index is 751. The van der Waals surface area contributed by atoms with E-state index in [-0.39, 0.29) is 24.4 Å². The standard InChI is InChI=1S/C17H20N4O2/c1-12-6-2-4-8-17(12)15(22)21(16(23)19-17)11-13-10-20-9-5-3-7-14(20)18-13/h3,5,7,9-10,12H,2,4,6,8,11H2,1H3,(H,19,23)/t12-,17-/m0/s1. The Morgan fingerprint density at radius 3 is 3.00 bits per heavy atom. The van der Waals surface area contributed by atoms with E-state index >= 15 is 0 Å². The summed E-state index contributed by atoms with van der Waals surface area (Å²) in [5.74, 6) is 0.0884. The van der Waals surface area contributed by atoms with E-state index in [1.165, 1.54) is 4.90 Å². The van der Waals surface area contributed by atoms with Crippen molar-refractivity contribution in [2.45, 2.75) is 44.7 Å². The molecule has 23 heavy (non-hydrogen) atoms. The number of fused-ring (bicyclic) bond motifs is 1. The van der Waals surface area contributed by atoms with Crippen molar-refractivity contribution < 1.29 is 9.59 Å². The average Bonchev–Trinajstić information content (AvgIpc) is 3.05. The van der Waals surface area contributed by atoms with E-state index in [9.17, 15) is 9.59 Å². The summed E-state index contributed by atoms with van der Waals surface area (Å²) in [5.41, 5.74) is 0.838. The van der Waals surface area contributed by atoms with Crippen LogP contribution < -0.4 is 5.32 Å². The zero-order chi connectivity index (χ0) is 16.0. The van der Waals surface area contributed by atoms with Gasteiger partial charge in [-0.3, -0.25) is 9.69 Å². The fraction of sp³-hybridized carbons (Fsp3) is 0.471. The first-order valence-corrected chi connectivity index (χ1v) is 8.17. The molecular weight excluding hydrogens is 292 g/mol. The summed E-state index contributed by atoms with van der Waals surface area (Å²) in [5, 5.41) is 2.98. The van der Waals surface area contributed by atoms with Crippen LogP contribution in [0.2, 0.25) is 0 Å². The van der Waals surface area contributed by atoms with Crippen LogP contribution in [0, 0.1) is 5.92 Å². The van der Waals surface area contributed by atoms with Gasteiger partial charge in [0, 0.05) is 12.4 Å². The van der Waals surface area contributed by atoms with Crippen LogP contribution in [-0.4, -0.2) is 31.8 Å². The lowest BCUT2D eigenvalue weighted by Gasteiger charge is -2.36. The van der Waals surface area contributed by atoms with Gasteiger partial charge in [0.05, 0.1) is 12.2 Å². The first-order chi connectivity index (χ1) is 11.1. The zero-order valence-electron chi connectivity index (χ0n) is 13.2. The van der Waals surface area contributed by atoms with Gasteiger partial charge in [-0.05, 0) is 30.9 Å². The van der Waals surface area contributed by atoms with Gasteiger partial charge in [0.25, 0.3) is 5.91 Å². The highest BCUT2D eigenvalue weighted by atomic mass is 16.2. The summed E-state index contributed by atoms with van der Waals surface area (Å²) in [6, 6.07) is 5.45.